The third kappa shape index (κ3) is 3.95. The van der Waals surface area contributed by atoms with E-state index in [0.717, 1.165) is 12.1 Å². The fraction of sp³-hybridized carbons (Fsp3) is 0.733. The van der Waals surface area contributed by atoms with E-state index in [1.807, 2.05) is 11.8 Å². The lowest BCUT2D eigenvalue weighted by Gasteiger charge is -2.39. The minimum absolute atomic E-state index is 0.0338. The van der Waals surface area contributed by atoms with Crippen molar-refractivity contribution in [2.75, 3.05) is 25.0 Å². The van der Waals surface area contributed by atoms with E-state index in [1.54, 1.807) is 0 Å². The number of thiazole rings is 1. The molecule has 1 N–H and O–H groups in total. The van der Waals surface area contributed by atoms with Gasteiger partial charge in [-0.1, -0.05) is 27.7 Å². The highest BCUT2D eigenvalue weighted by Crippen LogP contribution is 2.26. The van der Waals surface area contributed by atoms with Crippen LogP contribution in [0.4, 0.5) is 9.93 Å². The van der Waals surface area contributed by atoms with Crippen LogP contribution in [0, 0.1) is 12.3 Å². The lowest BCUT2D eigenvalue weighted by Crippen LogP contribution is -2.51. The second-order valence-electron chi connectivity index (χ2n) is 6.48. The van der Waals surface area contributed by atoms with Crippen LogP contribution in [0.2, 0.25) is 0 Å². The summed E-state index contributed by atoms with van der Waals surface area (Å²) in [6.07, 6.45) is 0.961. The Labute approximate surface area is 130 Å². The summed E-state index contributed by atoms with van der Waals surface area (Å²) in [7, 11) is 0. The van der Waals surface area contributed by atoms with Crippen molar-refractivity contribution in [3.8, 4) is 0 Å². The summed E-state index contributed by atoms with van der Waals surface area (Å²) in [5, 5.41) is 3.61. The third-order valence-electron chi connectivity index (χ3n) is 3.76. The molecule has 0 saturated carbocycles. The van der Waals surface area contributed by atoms with Crippen LogP contribution < -0.4 is 5.32 Å². The Balaban J connectivity index is 1.99. The number of carbonyl (C=O) groups excluding carboxylic acids is 1. The van der Waals surface area contributed by atoms with Gasteiger partial charge in [-0.15, -0.1) is 11.3 Å². The molecule has 1 saturated heterocycles. The second kappa shape index (κ2) is 6.32. The van der Waals surface area contributed by atoms with Crippen LogP contribution in [0.15, 0.2) is 0 Å². The fourth-order valence-electron chi connectivity index (χ4n) is 2.34. The van der Waals surface area contributed by atoms with Gasteiger partial charge in [-0.25, -0.2) is 9.78 Å². The maximum absolute atomic E-state index is 12.4. The summed E-state index contributed by atoms with van der Waals surface area (Å²) in [6, 6.07) is -0.0797. The van der Waals surface area contributed by atoms with Crippen LogP contribution in [0.25, 0.3) is 0 Å². The Morgan fingerprint density at radius 2 is 2.24 bits per heavy atom. The first-order chi connectivity index (χ1) is 9.81. The molecule has 1 aromatic rings. The summed E-state index contributed by atoms with van der Waals surface area (Å²) in [5.74, 6) is 0. The lowest BCUT2D eigenvalue weighted by molar-refractivity contribution is -0.0664. The standard InChI is InChI=1S/C15H25N3O2S/c1-6-11-10(2)21-13(16-11)17-14(19)18-7-8-20-12(9-18)15(3,4)5/h12H,6-9H2,1-5H3,(H,16,17,19). The van der Waals surface area contributed by atoms with Crippen molar-refractivity contribution in [3.05, 3.63) is 10.6 Å². The summed E-state index contributed by atoms with van der Waals surface area (Å²) < 4.78 is 5.78. The zero-order valence-corrected chi connectivity index (χ0v) is 14.3. The van der Waals surface area contributed by atoms with Crippen LogP contribution in [0.1, 0.15) is 38.3 Å². The van der Waals surface area contributed by atoms with E-state index in [4.69, 9.17) is 4.74 Å². The van der Waals surface area contributed by atoms with Crippen molar-refractivity contribution < 1.29 is 9.53 Å². The van der Waals surface area contributed by atoms with E-state index in [9.17, 15) is 4.79 Å². The van der Waals surface area contributed by atoms with E-state index in [-0.39, 0.29) is 17.6 Å². The molecule has 0 aliphatic carbocycles. The Morgan fingerprint density at radius 3 is 2.81 bits per heavy atom. The van der Waals surface area contributed by atoms with Crippen molar-refractivity contribution in [1.29, 1.82) is 0 Å². The molecular formula is C15H25N3O2S. The predicted molar refractivity (Wildman–Crippen MR) is 86.0 cm³/mol. The second-order valence-corrected chi connectivity index (χ2v) is 7.68. The van der Waals surface area contributed by atoms with Crippen molar-refractivity contribution in [2.24, 2.45) is 5.41 Å². The summed E-state index contributed by atoms with van der Waals surface area (Å²) in [6.45, 7) is 12.4. The van der Waals surface area contributed by atoms with Crippen LogP contribution in [0.5, 0.6) is 0 Å². The Morgan fingerprint density at radius 1 is 1.52 bits per heavy atom. The molecule has 0 radical (unpaired) electrons. The van der Waals surface area contributed by atoms with Gasteiger partial charge < -0.3 is 9.64 Å². The molecule has 1 aliphatic rings. The number of morpholine rings is 1. The molecule has 1 atom stereocenters. The number of nitrogens with one attached hydrogen (secondary N) is 1. The number of carbonyl (C=O) groups is 1. The Bertz CT molecular complexity index is 508. The molecule has 2 rings (SSSR count). The number of urea groups is 1. The van der Waals surface area contributed by atoms with Gasteiger partial charge in [-0.2, -0.15) is 0 Å². The maximum atomic E-state index is 12.4. The number of rotatable bonds is 2. The molecule has 1 aliphatic heterocycles. The van der Waals surface area contributed by atoms with Crippen molar-refractivity contribution in [3.63, 3.8) is 0 Å². The molecule has 6 heteroatoms. The number of anilines is 1. The van der Waals surface area contributed by atoms with Crippen LogP contribution in [-0.2, 0) is 11.2 Å². The quantitative estimate of drug-likeness (QED) is 0.912. The van der Waals surface area contributed by atoms with Gasteiger partial charge in [-0.3, -0.25) is 5.32 Å². The minimum atomic E-state index is -0.0797. The Hall–Kier alpha value is -1.14. The fourth-order valence-corrected chi connectivity index (χ4v) is 3.23. The Kier molecular flexibility index (Phi) is 4.88. The SMILES string of the molecule is CCc1nc(NC(=O)N2CCOC(C(C)(C)C)C2)sc1C. The average molecular weight is 311 g/mol. The van der Waals surface area contributed by atoms with E-state index in [0.29, 0.717) is 24.8 Å². The molecule has 0 bridgehead atoms. The number of aromatic nitrogens is 1. The number of hydrogen-bond donors (Lipinski definition) is 1. The highest BCUT2D eigenvalue weighted by atomic mass is 32.1. The van der Waals surface area contributed by atoms with E-state index in [2.05, 4.69) is 38.0 Å². The topological polar surface area (TPSA) is 54.5 Å². The molecule has 0 spiro atoms. The molecule has 21 heavy (non-hydrogen) atoms. The first kappa shape index (κ1) is 16.2. The predicted octanol–water partition coefficient (Wildman–Crippen LogP) is 3.29. The normalized spacial score (nSPS) is 19.7. The van der Waals surface area contributed by atoms with Gasteiger partial charge in [0.15, 0.2) is 5.13 Å². The van der Waals surface area contributed by atoms with Crippen LogP contribution >= 0.6 is 11.3 Å². The molecule has 0 aromatic carbocycles. The van der Waals surface area contributed by atoms with Gasteiger partial charge in [-0.05, 0) is 18.8 Å². The lowest BCUT2D eigenvalue weighted by atomic mass is 9.88. The van der Waals surface area contributed by atoms with Crippen molar-refractivity contribution in [1.82, 2.24) is 9.88 Å². The summed E-state index contributed by atoms with van der Waals surface area (Å²) in [5.41, 5.74) is 1.09. The molecule has 118 valence electrons. The molecular weight excluding hydrogens is 286 g/mol. The monoisotopic (exact) mass is 311 g/mol. The molecule has 1 unspecified atom stereocenters. The number of nitrogens with zero attached hydrogens (tertiary/aromatic N) is 2. The van der Waals surface area contributed by atoms with E-state index in [1.165, 1.54) is 16.2 Å². The van der Waals surface area contributed by atoms with Crippen molar-refractivity contribution >= 4 is 22.5 Å². The van der Waals surface area contributed by atoms with Gasteiger partial charge in [0.1, 0.15) is 0 Å². The molecule has 2 heterocycles. The molecule has 5 nitrogen and oxygen atoms in total. The van der Waals surface area contributed by atoms with Crippen LogP contribution in [-0.4, -0.2) is 41.7 Å². The third-order valence-corrected chi connectivity index (χ3v) is 4.69. The van der Waals surface area contributed by atoms with Gasteiger partial charge in [0.25, 0.3) is 0 Å². The van der Waals surface area contributed by atoms with Crippen LogP contribution in [0.3, 0.4) is 0 Å². The number of ether oxygens (including phenoxy) is 1. The zero-order chi connectivity index (χ0) is 15.6. The van der Waals surface area contributed by atoms with Gasteiger partial charge in [0, 0.05) is 18.0 Å². The van der Waals surface area contributed by atoms with Gasteiger partial charge in [0.05, 0.1) is 18.4 Å². The highest BCUT2D eigenvalue weighted by Gasteiger charge is 2.32. The van der Waals surface area contributed by atoms with Gasteiger partial charge >= 0.3 is 6.03 Å². The van der Waals surface area contributed by atoms with Gasteiger partial charge in [0.2, 0.25) is 0 Å². The number of amides is 2. The molecule has 2 amide bonds. The zero-order valence-electron chi connectivity index (χ0n) is 13.5. The maximum Gasteiger partial charge on any atom is 0.323 e. The smallest absolute Gasteiger partial charge is 0.323 e. The minimum Gasteiger partial charge on any atom is -0.374 e. The highest BCUT2D eigenvalue weighted by molar-refractivity contribution is 7.15. The first-order valence-electron chi connectivity index (χ1n) is 7.45. The number of hydrogen-bond acceptors (Lipinski definition) is 4. The number of aryl methyl sites for hydroxylation is 2. The van der Waals surface area contributed by atoms with Crippen molar-refractivity contribution in [2.45, 2.75) is 47.1 Å². The first-order valence-corrected chi connectivity index (χ1v) is 8.26. The summed E-state index contributed by atoms with van der Waals surface area (Å²) >= 11 is 1.54. The van der Waals surface area contributed by atoms with E-state index >= 15 is 0 Å². The molecule has 1 fully saturated rings. The average Bonchev–Trinajstić information content (AvgIpc) is 2.78. The van der Waals surface area contributed by atoms with E-state index < -0.39 is 0 Å². The largest absolute Gasteiger partial charge is 0.374 e. The summed E-state index contributed by atoms with van der Waals surface area (Å²) in [4.78, 5) is 19.8. The molecule has 1 aromatic heterocycles.